The molecular weight excluding hydrogens is 310 g/mol. The maximum absolute atomic E-state index is 12.6. The highest BCUT2D eigenvalue weighted by Crippen LogP contribution is 2.48. The van der Waals surface area contributed by atoms with Gasteiger partial charge in [0.15, 0.2) is 0 Å². The van der Waals surface area contributed by atoms with E-state index in [4.69, 9.17) is 0 Å². The summed E-state index contributed by atoms with van der Waals surface area (Å²) in [4.78, 5) is 21.4. The Kier molecular flexibility index (Phi) is 3.90. The van der Waals surface area contributed by atoms with Gasteiger partial charge >= 0.3 is 0 Å². The molecule has 2 unspecified atom stereocenters. The van der Waals surface area contributed by atoms with Crippen molar-refractivity contribution in [2.24, 2.45) is 13.0 Å². The lowest BCUT2D eigenvalue weighted by Crippen LogP contribution is -2.48. The normalized spacial score (nSPS) is 24.8. The standard InChI is InChI=1S/C16H21N5OS/c1-19-8-12(7-18-19)14-6-15(14)16(22)21-4-2-20(3-5-21)9-13-10-23-11-17-13/h7-8,10-11,14-15H,2-6,9H2,1H3. The number of amides is 1. The number of carbonyl (C=O) groups excluding carboxylic acids is 1. The molecule has 2 aromatic heterocycles. The molecule has 1 amide bonds. The minimum Gasteiger partial charge on any atom is -0.340 e. The number of hydrogen-bond acceptors (Lipinski definition) is 5. The fraction of sp³-hybridized carbons (Fsp3) is 0.562. The van der Waals surface area contributed by atoms with Gasteiger partial charge in [0.2, 0.25) is 5.91 Å². The van der Waals surface area contributed by atoms with Crippen LogP contribution in [0.4, 0.5) is 0 Å². The molecule has 2 fully saturated rings. The zero-order valence-corrected chi connectivity index (χ0v) is 14.1. The summed E-state index contributed by atoms with van der Waals surface area (Å²) in [5.41, 5.74) is 4.21. The van der Waals surface area contributed by atoms with Gasteiger partial charge in [-0.25, -0.2) is 4.98 Å². The van der Waals surface area contributed by atoms with Crippen LogP contribution in [0.25, 0.3) is 0 Å². The van der Waals surface area contributed by atoms with Crippen molar-refractivity contribution in [2.45, 2.75) is 18.9 Å². The predicted octanol–water partition coefficient (Wildman–Crippen LogP) is 1.32. The van der Waals surface area contributed by atoms with Crippen LogP contribution >= 0.6 is 11.3 Å². The van der Waals surface area contributed by atoms with Gasteiger partial charge in [-0.15, -0.1) is 11.3 Å². The number of rotatable bonds is 4. The molecule has 2 aromatic rings. The lowest BCUT2D eigenvalue weighted by Gasteiger charge is -2.34. The van der Waals surface area contributed by atoms with Gasteiger partial charge in [-0.3, -0.25) is 14.4 Å². The van der Waals surface area contributed by atoms with Crippen LogP contribution in [0.5, 0.6) is 0 Å². The third kappa shape index (κ3) is 3.16. The Labute approximate surface area is 139 Å². The highest BCUT2D eigenvalue weighted by Gasteiger charge is 2.46. The Balaban J connectivity index is 1.28. The van der Waals surface area contributed by atoms with Gasteiger partial charge in [0.25, 0.3) is 0 Å². The van der Waals surface area contributed by atoms with Crippen molar-refractivity contribution in [2.75, 3.05) is 26.2 Å². The largest absolute Gasteiger partial charge is 0.340 e. The third-order valence-electron chi connectivity index (χ3n) is 4.81. The second-order valence-electron chi connectivity index (χ2n) is 6.48. The molecular formula is C16H21N5OS. The number of hydrogen-bond donors (Lipinski definition) is 0. The number of carbonyl (C=O) groups is 1. The minimum absolute atomic E-state index is 0.171. The predicted molar refractivity (Wildman–Crippen MR) is 88.0 cm³/mol. The molecule has 0 radical (unpaired) electrons. The Morgan fingerprint density at radius 3 is 2.83 bits per heavy atom. The van der Waals surface area contributed by atoms with E-state index in [9.17, 15) is 4.79 Å². The highest BCUT2D eigenvalue weighted by molar-refractivity contribution is 7.07. The summed E-state index contributed by atoms with van der Waals surface area (Å²) < 4.78 is 1.81. The lowest BCUT2D eigenvalue weighted by atomic mass is 10.1. The summed E-state index contributed by atoms with van der Waals surface area (Å²) >= 11 is 1.64. The van der Waals surface area contributed by atoms with Gasteiger partial charge in [-0.05, 0) is 17.9 Å². The van der Waals surface area contributed by atoms with Gasteiger partial charge < -0.3 is 4.90 Å². The first-order valence-corrected chi connectivity index (χ1v) is 9.02. The van der Waals surface area contributed by atoms with Crippen molar-refractivity contribution in [3.8, 4) is 0 Å². The highest BCUT2D eigenvalue weighted by atomic mass is 32.1. The summed E-state index contributed by atoms with van der Waals surface area (Å²) in [5, 5.41) is 6.31. The van der Waals surface area contributed by atoms with Gasteiger partial charge in [0, 0.05) is 57.3 Å². The number of nitrogens with zero attached hydrogens (tertiary/aromatic N) is 5. The van der Waals surface area contributed by atoms with Gasteiger partial charge in [0.05, 0.1) is 17.4 Å². The van der Waals surface area contributed by atoms with E-state index < -0.39 is 0 Å². The van der Waals surface area contributed by atoms with Crippen molar-refractivity contribution in [1.82, 2.24) is 24.6 Å². The first kappa shape index (κ1) is 14.8. The molecule has 3 heterocycles. The topological polar surface area (TPSA) is 54.3 Å². The second-order valence-corrected chi connectivity index (χ2v) is 7.20. The fourth-order valence-electron chi connectivity index (χ4n) is 3.37. The zero-order chi connectivity index (χ0) is 15.8. The van der Waals surface area contributed by atoms with E-state index in [1.807, 2.05) is 34.5 Å². The lowest BCUT2D eigenvalue weighted by molar-refractivity contribution is -0.134. The van der Waals surface area contributed by atoms with Crippen LogP contribution in [-0.4, -0.2) is 56.7 Å². The molecule has 1 aliphatic carbocycles. The molecule has 1 aliphatic heterocycles. The summed E-state index contributed by atoms with van der Waals surface area (Å²) in [6.07, 6.45) is 4.90. The average Bonchev–Trinajstić information content (AvgIpc) is 2.96. The molecule has 1 saturated carbocycles. The number of piperazine rings is 1. The minimum atomic E-state index is 0.171. The number of thiazole rings is 1. The summed E-state index contributed by atoms with van der Waals surface area (Å²) in [6, 6.07) is 0. The zero-order valence-electron chi connectivity index (χ0n) is 13.3. The number of aryl methyl sites for hydroxylation is 1. The van der Waals surface area contributed by atoms with E-state index in [-0.39, 0.29) is 5.92 Å². The average molecular weight is 331 g/mol. The molecule has 2 aliphatic rings. The van der Waals surface area contributed by atoms with Crippen molar-refractivity contribution < 1.29 is 4.79 Å². The molecule has 23 heavy (non-hydrogen) atoms. The van der Waals surface area contributed by atoms with Crippen LogP contribution in [0.1, 0.15) is 23.6 Å². The van der Waals surface area contributed by atoms with E-state index in [0.29, 0.717) is 11.8 Å². The monoisotopic (exact) mass is 331 g/mol. The smallest absolute Gasteiger partial charge is 0.226 e. The molecule has 2 atom stereocenters. The SMILES string of the molecule is Cn1cc(C2CC2C(=O)N2CCN(Cc3cscn3)CC2)cn1. The Hall–Kier alpha value is -1.73. The second kappa shape index (κ2) is 6.05. The summed E-state index contributed by atoms with van der Waals surface area (Å²) in [5.74, 6) is 0.876. The quantitative estimate of drug-likeness (QED) is 0.848. The van der Waals surface area contributed by atoms with Crippen LogP contribution in [0.15, 0.2) is 23.3 Å². The van der Waals surface area contributed by atoms with Crippen molar-refractivity contribution in [3.05, 3.63) is 34.5 Å². The maximum Gasteiger partial charge on any atom is 0.226 e. The number of aromatic nitrogens is 3. The van der Waals surface area contributed by atoms with Gasteiger partial charge in [-0.1, -0.05) is 0 Å². The van der Waals surface area contributed by atoms with Crippen LogP contribution in [0.3, 0.4) is 0 Å². The molecule has 4 rings (SSSR count). The van der Waals surface area contributed by atoms with Crippen molar-refractivity contribution in [3.63, 3.8) is 0 Å². The van der Waals surface area contributed by atoms with E-state index in [1.165, 1.54) is 5.56 Å². The van der Waals surface area contributed by atoms with Crippen LogP contribution in [0, 0.1) is 5.92 Å². The van der Waals surface area contributed by atoms with E-state index >= 15 is 0 Å². The molecule has 7 heteroatoms. The van der Waals surface area contributed by atoms with Gasteiger partial charge in [0.1, 0.15) is 0 Å². The van der Waals surface area contributed by atoms with E-state index in [0.717, 1.165) is 44.8 Å². The molecule has 0 bridgehead atoms. The first-order valence-electron chi connectivity index (χ1n) is 8.07. The Morgan fingerprint density at radius 1 is 1.35 bits per heavy atom. The van der Waals surface area contributed by atoms with Gasteiger partial charge in [-0.2, -0.15) is 5.10 Å². The van der Waals surface area contributed by atoms with Crippen molar-refractivity contribution >= 4 is 17.2 Å². The molecule has 1 saturated heterocycles. The maximum atomic E-state index is 12.6. The first-order chi connectivity index (χ1) is 11.2. The molecule has 0 spiro atoms. The van der Waals surface area contributed by atoms with Crippen LogP contribution in [-0.2, 0) is 18.4 Å². The van der Waals surface area contributed by atoms with E-state index in [2.05, 4.69) is 20.4 Å². The molecule has 0 N–H and O–H groups in total. The molecule has 0 aromatic carbocycles. The Morgan fingerprint density at radius 2 is 2.17 bits per heavy atom. The van der Waals surface area contributed by atoms with Crippen molar-refractivity contribution in [1.29, 1.82) is 0 Å². The van der Waals surface area contributed by atoms with Crippen LogP contribution < -0.4 is 0 Å². The molecule has 6 nitrogen and oxygen atoms in total. The summed E-state index contributed by atoms with van der Waals surface area (Å²) in [6.45, 7) is 4.44. The van der Waals surface area contributed by atoms with Crippen LogP contribution in [0.2, 0.25) is 0 Å². The Bertz CT molecular complexity index is 674. The summed E-state index contributed by atoms with van der Waals surface area (Å²) in [7, 11) is 1.92. The fourth-order valence-corrected chi connectivity index (χ4v) is 3.92. The molecule has 122 valence electrons. The third-order valence-corrected chi connectivity index (χ3v) is 5.45. The van der Waals surface area contributed by atoms with E-state index in [1.54, 1.807) is 11.3 Å².